The molecule has 96 valence electrons. The van der Waals surface area contributed by atoms with E-state index in [0.717, 1.165) is 56.8 Å². The Labute approximate surface area is 107 Å². The van der Waals surface area contributed by atoms with Crippen molar-refractivity contribution in [3.05, 3.63) is 16.3 Å². The van der Waals surface area contributed by atoms with Crippen molar-refractivity contribution in [2.45, 2.75) is 52.1 Å². The van der Waals surface area contributed by atoms with Crippen molar-refractivity contribution in [2.75, 3.05) is 5.75 Å². The van der Waals surface area contributed by atoms with Crippen LogP contribution < -0.4 is 5.69 Å². The van der Waals surface area contributed by atoms with E-state index in [1.165, 1.54) is 0 Å². The van der Waals surface area contributed by atoms with Crippen molar-refractivity contribution in [1.29, 1.82) is 0 Å². The van der Waals surface area contributed by atoms with E-state index in [-0.39, 0.29) is 5.69 Å². The minimum absolute atomic E-state index is 0.0718. The highest BCUT2D eigenvalue weighted by Gasteiger charge is 2.18. The molecule has 0 N–H and O–H groups in total. The molecule has 4 nitrogen and oxygen atoms in total. The molecular formula is C12H21N3OS. The van der Waals surface area contributed by atoms with Crippen molar-refractivity contribution in [3.63, 3.8) is 0 Å². The van der Waals surface area contributed by atoms with Gasteiger partial charge >= 0.3 is 5.69 Å². The van der Waals surface area contributed by atoms with Gasteiger partial charge in [0.2, 0.25) is 0 Å². The third-order valence-corrected chi connectivity index (χ3v) is 3.93. The zero-order valence-electron chi connectivity index (χ0n) is 10.4. The van der Waals surface area contributed by atoms with Crippen LogP contribution in [0.1, 0.15) is 38.4 Å². The van der Waals surface area contributed by atoms with Gasteiger partial charge in [0.15, 0.2) is 0 Å². The number of aryl methyl sites for hydroxylation is 1. The van der Waals surface area contributed by atoms with Crippen LogP contribution in [-0.4, -0.2) is 20.1 Å². The fourth-order valence-corrected chi connectivity index (χ4v) is 2.76. The smallest absolute Gasteiger partial charge is 0.279 e. The van der Waals surface area contributed by atoms with Gasteiger partial charge < -0.3 is 0 Å². The Balaban J connectivity index is 2.16. The van der Waals surface area contributed by atoms with Crippen LogP contribution in [0.5, 0.6) is 0 Å². The van der Waals surface area contributed by atoms with E-state index in [0.29, 0.717) is 5.92 Å². The van der Waals surface area contributed by atoms with Crippen molar-refractivity contribution >= 4 is 12.6 Å². The van der Waals surface area contributed by atoms with Gasteiger partial charge in [0, 0.05) is 13.0 Å². The summed E-state index contributed by atoms with van der Waals surface area (Å²) in [7, 11) is 0. The van der Waals surface area contributed by atoms with E-state index in [9.17, 15) is 4.79 Å². The summed E-state index contributed by atoms with van der Waals surface area (Å²) in [6.07, 6.45) is 5.44. The lowest BCUT2D eigenvalue weighted by Crippen LogP contribution is -2.29. The molecule has 1 atom stereocenters. The summed E-state index contributed by atoms with van der Waals surface area (Å²) in [5, 5.41) is 4.45. The molecule has 0 aromatic carbocycles. The van der Waals surface area contributed by atoms with E-state index in [4.69, 9.17) is 0 Å². The maximum atomic E-state index is 12.1. The molecule has 0 saturated heterocycles. The van der Waals surface area contributed by atoms with Crippen LogP contribution in [0.2, 0.25) is 0 Å². The molecule has 0 spiro atoms. The Kier molecular flexibility index (Phi) is 4.31. The van der Waals surface area contributed by atoms with Crippen LogP contribution in [0.25, 0.3) is 0 Å². The van der Waals surface area contributed by atoms with Crippen LogP contribution in [0.3, 0.4) is 0 Å². The molecule has 0 saturated carbocycles. The number of aromatic nitrogens is 3. The number of nitrogens with zero attached hydrogens (tertiary/aromatic N) is 3. The minimum atomic E-state index is 0.0718. The third kappa shape index (κ3) is 2.76. The maximum absolute atomic E-state index is 12.1. The Morgan fingerprint density at radius 3 is 2.94 bits per heavy atom. The van der Waals surface area contributed by atoms with Gasteiger partial charge in [-0.15, -0.1) is 0 Å². The van der Waals surface area contributed by atoms with Crippen LogP contribution in [-0.2, 0) is 19.5 Å². The Morgan fingerprint density at radius 1 is 1.47 bits per heavy atom. The fourth-order valence-electron chi connectivity index (χ4n) is 2.46. The molecule has 2 heterocycles. The molecule has 0 amide bonds. The molecule has 17 heavy (non-hydrogen) atoms. The average molecular weight is 255 g/mol. The van der Waals surface area contributed by atoms with Gasteiger partial charge in [-0.25, -0.2) is 9.48 Å². The van der Waals surface area contributed by atoms with Gasteiger partial charge in [0.05, 0.1) is 6.54 Å². The summed E-state index contributed by atoms with van der Waals surface area (Å²) in [6.45, 7) is 3.72. The summed E-state index contributed by atoms with van der Waals surface area (Å²) >= 11 is 4.35. The summed E-state index contributed by atoms with van der Waals surface area (Å²) in [6, 6.07) is 0. The van der Waals surface area contributed by atoms with Gasteiger partial charge in [-0.1, -0.05) is 13.3 Å². The lowest BCUT2D eigenvalue weighted by molar-refractivity contribution is 0.415. The summed E-state index contributed by atoms with van der Waals surface area (Å²) in [5.74, 6) is 2.25. The van der Waals surface area contributed by atoms with Gasteiger partial charge in [-0.05, 0) is 30.9 Å². The predicted molar refractivity (Wildman–Crippen MR) is 71.7 cm³/mol. The topological polar surface area (TPSA) is 39.8 Å². The predicted octanol–water partition coefficient (Wildman–Crippen LogP) is 1.73. The monoisotopic (exact) mass is 255 g/mol. The first kappa shape index (κ1) is 12.7. The molecule has 1 aromatic heterocycles. The van der Waals surface area contributed by atoms with Crippen molar-refractivity contribution in [3.8, 4) is 0 Å². The van der Waals surface area contributed by atoms with Crippen LogP contribution in [0, 0.1) is 5.92 Å². The fraction of sp³-hybridized carbons (Fsp3) is 0.833. The molecule has 0 aliphatic carbocycles. The first-order valence-electron chi connectivity index (χ1n) is 6.53. The molecule has 1 aliphatic heterocycles. The Morgan fingerprint density at radius 2 is 2.29 bits per heavy atom. The zero-order valence-corrected chi connectivity index (χ0v) is 11.3. The molecule has 5 heteroatoms. The zero-order chi connectivity index (χ0) is 12.3. The second-order valence-electron chi connectivity index (χ2n) is 4.83. The standard InChI is InChI=1S/C12H21N3OS/c1-2-5-10(9-17)8-15-12(16)14-7-4-3-6-11(14)13-15/h10,17H,2-9H2,1H3. The third-order valence-electron chi connectivity index (χ3n) is 3.42. The van der Waals surface area contributed by atoms with Gasteiger partial charge in [0.1, 0.15) is 5.82 Å². The molecule has 0 radical (unpaired) electrons. The summed E-state index contributed by atoms with van der Waals surface area (Å²) < 4.78 is 3.49. The first-order chi connectivity index (χ1) is 8.26. The number of thiol groups is 1. The van der Waals surface area contributed by atoms with Crippen LogP contribution >= 0.6 is 12.6 Å². The number of fused-ring (bicyclic) bond motifs is 1. The molecule has 2 rings (SSSR count). The number of hydrogen-bond donors (Lipinski definition) is 1. The average Bonchev–Trinajstić information content (AvgIpc) is 2.66. The van der Waals surface area contributed by atoms with E-state index >= 15 is 0 Å². The van der Waals surface area contributed by atoms with E-state index in [1.807, 2.05) is 4.57 Å². The second kappa shape index (κ2) is 5.76. The molecule has 1 unspecified atom stereocenters. The van der Waals surface area contributed by atoms with Crippen molar-refractivity contribution in [1.82, 2.24) is 14.3 Å². The van der Waals surface area contributed by atoms with E-state index in [1.54, 1.807) is 4.68 Å². The lowest BCUT2D eigenvalue weighted by atomic mass is 10.1. The van der Waals surface area contributed by atoms with Crippen LogP contribution in [0.4, 0.5) is 0 Å². The normalized spacial score (nSPS) is 16.8. The molecule has 1 aromatic rings. The van der Waals surface area contributed by atoms with Crippen molar-refractivity contribution < 1.29 is 0 Å². The number of rotatable bonds is 5. The molecule has 0 fully saturated rings. The lowest BCUT2D eigenvalue weighted by Gasteiger charge is -2.11. The SMILES string of the molecule is CCCC(CS)Cn1nc2n(c1=O)CCCC2. The Bertz CT molecular complexity index is 424. The summed E-state index contributed by atoms with van der Waals surface area (Å²) in [5.41, 5.74) is 0.0718. The largest absolute Gasteiger partial charge is 0.345 e. The highest BCUT2D eigenvalue weighted by molar-refractivity contribution is 7.80. The first-order valence-corrected chi connectivity index (χ1v) is 7.17. The maximum Gasteiger partial charge on any atom is 0.345 e. The quantitative estimate of drug-likeness (QED) is 0.814. The highest BCUT2D eigenvalue weighted by Crippen LogP contribution is 2.12. The Hall–Kier alpha value is -0.710. The second-order valence-corrected chi connectivity index (χ2v) is 5.19. The molecule has 0 bridgehead atoms. The van der Waals surface area contributed by atoms with Gasteiger partial charge in [-0.3, -0.25) is 4.57 Å². The van der Waals surface area contributed by atoms with Gasteiger partial charge in [-0.2, -0.15) is 17.7 Å². The van der Waals surface area contributed by atoms with Gasteiger partial charge in [0.25, 0.3) is 0 Å². The van der Waals surface area contributed by atoms with E-state index in [2.05, 4.69) is 24.7 Å². The minimum Gasteiger partial charge on any atom is -0.279 e. The van der Waals surface area contributed by atoms with Crippen molar-refractivity contribution in [2.24, 2.45) is 5.92 Å². The number of hydrogen-bond acceptors (Lipinski definition) is 3. The summed E-state index contributed by atoms with van der Waals surface area (Å²) in [4.78, 5) is 12.1. The van der Waals surface area contributed by atoms with E-state index < -0.39 is 0 Å². The van der Waals surface area contributed by atoms with Crippen LogP contribution in [0.15, 0.2) is 4.79 Å². The molecule has 1 aliphatic rings. The molecular weight excluding hydrogens is 234 g/mol. The highest BCUT2D eigenvalue weighted by atomic mass is 32.1.